The van der Waals surface area contributed by atoms with E-state index in [1.54, 1.807) is 0 Å². The number of nitrogens with zero attached hydrogens (tertiary/aromatic N) is 1. The highest BCUT2D eigenvalue weighted by atomic mass is 15.1. The molecule has 146 valence electrons. The summed E-state index contributed by atoms with van der Waals surface area (Å²) in [5.74, 6) is 6.71. The molecule has 0 N–H and O–H groups in total. The maximum atomic E-state index is 3.38. The molecule has 4 aromatic rings. The highest BCUT2D eigenvalue weighted by molar-refractivity contribution is 5.64. The second-order valence-corrected chi connectivity index (χ2v) is 7.36. The first-order chi connectivity index (χ1) is 14.9. The van der Waals surface area contributed by atoms with Crippen molar-refractivity contribution in [2.45, 2.75) is 13.1 Å². The molecule has 0 amide bonds. The summed E-state index contributed by atoms with van der Waals surface area (Å²) in [6.07, 6.45) is 0. The Kier molecular flexibility index (Phi) is 6.74. The van der Waals surface area contributed by atoms with Crippen molar-refractivity contribution in [3.05, 3.63) is 132 Å². The van der Waals surface area contributed by atoms with E-state index in [2.05, 4.69) is 126 Å². The Bertz CT molecular complexity index is 1050. The number of hydrogen-bond acceptors (Lipinski definition) is 1. The third-order valence-corrected chi connectivity index (χ3v) is 5.03. The van der Waals surface area contributed by atoms with Crippen LogP contribution in [0.5, 0.6) is 0 Å². The lowest BCUT2D eigenvalue weighted by Gasteiger charge is -2.20. The molecular formula is C29H25N. The topological polar surface area (TPSA) is 3.24 Å². The van der Waals surface area contributed by atoms with E-state index in [0.717, 1.165) is 25.2 Å². The lowest BCUT2D eigenvalue weighted by Crippen LogP contribution is -2.23. The quantitative estimate of drug-likeness (QED) is 0.346. The van der Waals surface area contributed by atoms with Crippen molar-refractivity contribution >= 4 is 0 Å². The van der Waals surface area contributed by atoms with Gasteiger partial charge in [0.25, 0.3) is 0 Å². The molecule has 0 aliphatic carbocycles. The minimum atomic E-state index is 0.726. The lowest BCUT2D eigenvalue weighted by atomic mass is 10.0. The second kappa shape index (κ2) is 10.3. The minimum Gasteiger partial charge on any atom is -0.284 e. The normalized spacial score (nSPS) is 10.4. The zero-order valence-electron chi connectivity index (χ0n) is 17.0. The molecule has 0 saturated carbocycles. The highest BCUT2D eigenvalue weighted by Crippen LogP contribution is 2.19. The molecule has 1 heteroatoms. The fourth-order valence-corrected chi connectivity index (χ4v) is 3.48. The Morgan fingerprint density at radius 1 is 0.500 bits per heavy atom. The van der Waals surface area contributed by atoms with Gasteiger partial charge in [-0.3, -0.25) is 4.90 Å². The van der Waals surface area contributed by atoms with E-state index in [4.69, 9.17) is 0 Å². The van der Waals surface area contributed by atoms with E-state index in [1.807, 2.05) is 6.07 Å². The van der Waals surface area contributed by atoms with Gasteiger partial charge in [-0.15, -0.1) is 0 Å². The van der Waals surface area contributed by atoms with Crippen molar-refractivity contribution in [3.63, 3.8) is 0 Å². The zero-order valence-corrected chi connectivity index (χ0v) is 17.0. The maximum absolute atomic E-state index is 3.38. The predicted octanol–water partition coefficient (Wildman–Crippen LogP) is 6.41. The van der Waals surface area contributed by atoms with Gasteiger partial charge in [-0.05, 0) is 34.4 Å². The van der Waals surface area contributed by atoms with Crippen LogP contribution in [0.3, 0.4) is 0 Å². The van der Waals surface area contributed by atoms with Crippen molar-refractivity contribution in [2.75, 3.05) is 6.54 Å². The molecule has 0 aliphatic rings. The molecule has 0 fully saturated rings. The number of hydrogen-bond donors (Lipinski definition) is 0. The number of rotatable bonds is 6. The maximum Gasteiger partial charge on any atom is 0.0611 e. The van der Waals surface area contributed by atoms with Gasteiger partial charge in [0.15, 0.2) is 0 Å². The monoisotopic (exact) mass is 387 g/mol. The van der Waals surface area contributed by atoms with Gasteiger partial charge < -0.3 is 0 Å². The van der Waals surface area contributed by atoms with Crippen LogP contribution in [0.15, 0.2) is 115 Å². The van der Waals surface area contributed by atoms with Crippen LogP contribution in [-0.2, 0) is 13.1 Å². The van der Waals surface area contributed by atoms with Crippen LogP contribution in [0.25, 0.3) is 11.1 Å². The molecule has 0 aliphatic heterocycles. The molecule has 4 aromatic carbocycles. The Labute approximate surface area is 179 Å². The van der Waals surface area contributed by atoms with Crippen LogP contribution >= 0.6 is 0 Å². The highest BCUT2D eigenvalue weighted by Gasteiger charge is 2.05. The van der Waals surface area contributed by atoms with Gasteiger partial charge in [0, 0.05) is 18.7 Å². The SMILES string of the molecule is C(#Cc1ccc(-c2ccccc2)cc1)CN(Cc1ccccc1)Cc1ccccc1. The summed E-state index contributed by atoms with van der Waals surface area (Å²) in [7, 11) is 0. The molecule has 0 radical (unpaired) electrons. The van der Waals surface area contributed by atoms with E-state index in [0.29, 0.717) is 0 Å². The molecule has 0 spiro atoms. The molecule has 0 unspecified atom stereocenters. The number of benzene rings is 4. The van der Waals surface area contributed by atoms with E-state index in [-0.39, 0.29) is 0 Å². The fourth-order valence-electron chi connectivity index (χ4n) is 3.48. The Morgan fingerprint density at radius 3 is 1.50 bits per heavy atom. The third kappa shape index (κ3) is 5.70. The van der Waals surface area contributed by atoms with E-state index >= 15 is 0 Å². The minimum absolute atomic E-state index is 0.726. The van der Waals surface area contributed by atoms with Crippen molar-refractivity contribution in [2.24, 2.45) is 0 Å². The molecule has 0 atom stereocenters. The molecule has 0 bridgehead atoms. The lowest BCUT2D eigenvalue weighted by molar-refractivity contribution is 0.290. The summed E-state index contributed by atoms with van der Waals surface area (Å²) >= 11 is 0. The van der Waals surface area contributed by atoms with Gasteiger partial charge >= 0.3 is 0 Å². The van der Waals surface area contributed by atoms with Crippen molar-refractivity contribution < 1.29 is 0 Å². The van der Waals surface area contributed by atoms with Gasteiger partial charge in [0.1, 0.15) is 0 Å². The second-order valence-electron chi connectivity index (χ2n) is 7.36. The molecule has 0 heterocycles. The van der Waals surface area contributed by atoms with Crippen molar-refractivity contribution in [3.8, 4) is 23.0 Å². The summed E-state index contributed by atoms with van der Waals surface area (Å²) in [5.41, 5.74) is 6.11. The van der Waals surface area contributed by atoms with Crippen LogP contribution in [0.4, 0.5) is 0 Å². The average molecular weight is 388 g/mol. The van der Waals surface area contributed by atoms with Gasteiger partial charge in [0.05, 0.1) is 6.54 Å². The molecule has 0 saturated heterocycles. The third-order valence-electron chi connectivity index (χ3n) is 5.03. The fraction of sp³-hybridized carbons (Fsp3) is 0.103. The summed E-state index contributed by atoms with van der Waals surface area (Å²) in [4.78, 5) is 2.38. The molecular weight excluding hydrogens is 362 g/mol. The first kappa shape index (κ1) is 19.7. The molecule has 30 heavy (non-hydrogen) atoms. The van der Waals surface area contributed by atoms with Crippen molar-refractivity contribution in [1.29, 1.82) is 0 Å². The first-order valence-corrected chi connectivity index (χ1v) is 10.3. The zero-order chi connectivity index (χ0) is 20.4. The van der Waals surface area contributed by atoms with E-state index in [1.165, 1.54) is 22.3 Å². The van der Waals surface area contributed by atoms with E-state index < -0.39 is 0 Å². The van der Waals surface area contributed by atoms with E-state index in [9.17, 15) is 0 Å². The summed E-state index contributed by atoms with van der Waals surface area (Å²) in [6.45, 7) is 2.50. The molecule has 0 aromatic heterocycles. The Balaban J connectivity index is 1.45. The van der Waals surface area contributed by atoms with Crippen LogP contribution in [-0.4, -0.2) is 11.4 Å². The van der Waals surface area contributed by atoms with Crippen LogP contribution < -0.4 is 0 Å². The smallest absolute Gasteiger partial charge is 0.0611 e. The summed E-state index contributed by atoms with van der Waals surface area (Å²) in [5, 5.41) is 0. The average Bonchev–Trinajstić information content (AvgIpc) is 2.81. The van der Waals surface area contributed by atoms with Crippen LogP contribution in [0.1, 0.15) is 16.7 Å². The Hall–Kier alpha value is -3.60. The van der Waals surface area contributed by atoms with Gasteiger partial charge in [-0.1, -0.05) is 115 Å². The molecule has 4 rings (SSSR count). The Morgan fingerprint density at radius 2 is 0.967 bits per heavy atom. The largest absolute Gasteiger partial charge is 0.284 e. The molecule has 1 nitrogen and oxygen atoms in total. The predicted molar refractivity (Wildman–Crippen MR) is 126 cm³/mol. The summed E-state index contributed by atoms with van der Waals surface area (Å²) in [6, 6.07) is 40.1. The van der Waals surface area contributed by atoms with Gasteiger partial charge in [-0.25, -0.2) is 0 Å². The standard InChI is InChI=1S/C29H25N/c1-4-11-26(12-5-1)23-30(24-27-13-6-2-7-14-27)22-10-15-25-18-20-29(21-19-25)28-16-8-3-9-17-28/h1-9,11-14,16-21H,22-24H2. The van der Waals surface area contributed by atoms with Gasteiger partial charge in [-0.2, -0.15) is 0 Å². The van der Waals surface area contributed by atoms with Crippen LogP contribution in [0.2, 0.25) is 0 Å². The van der Waals surface area contributed by atoms with Crippen LogP contribution in [0, 0.1) is 11.8 Å². The summed E-state index contributed by atoms with van der Waals surface area (Å²) < 4.78 is 0. The first-order valence-electron chi connectivity index (χ1n) is 10.3. The van der Waals surface area contributed by atoms with Crippen molar-refractivity contribution in [1.82, 2.24) is 4.90 Å². The van der Waals surface area contributed by atoms with Gasteiger partial charge in [0.2, 0.25) is 0 Å².